The van der Waals surface area contributed by atoms with E-state index in [4.69, 9.17) is 5.21 Å². The van der Waals surface area contributed by atoms with Crippen LogP contribution in [0.5, 0.6) is 0 Å². The van der Waals surface area contributed by atoms with Crippen LogP contribution in [0.25, 0.3) is 17.0 Å². The molecule has 0 radical (unpaired) electrons. The molecule has 7 heteroatoms. The second-order valence-electron chi connectivity index (χ2n) is 9.41. The molecule has 2 aromatic heterocycles. The number of nitrogens with zero attached hydrogens (tertiary/aromatic N) is 1. The summed E-state index contributed by atoms with van der Waals surface area (Å²) in [6.07, 6.45) is 13.1. The SMILES string of the molecule is CCc1c[nH]cc1CN(CCc1c[nH]c2cc(F)ccc12)C1CCc2cc(C=CC(=O)NO)ccc21. The van der Waals surface area contributed by atoms with Crippen molar-refractivity contribution in [2.24, 2.45) is 0 Å². The zero-order valence-corrected chi connectivity index (χ0v) is 20.4. The van der Waals surface area contributed by atoms with Gasteiger partial charge in [-0.3, -0.25) is 14.9 Å². The number of halogens is 1. The van der Waals surface area contributed by atoms with E-state index >= 15 is 0 Å². The first-order valence-corrected chi connectivity index (χ1v) is 12.4. The minimum Gasteiger partial charge on any atom is -0.367 e. The Morgan fingerprint density at radius 3 is 2.86 bits per heavy atom. The number of rotatable bonds is 9. The molecule has 6 nitrogen and oxygen atoms in total. The summed E-state index contributed by atoms with van der Waals surface area (Å²) in [5, 5.41) is 9.79. The minimum absolute atomic E-state index is 0.231. The molecule has 36 heavy (non-hydrogen) atoms. The lowest BCUT2D eigenvalue weighted by molar-refractivity contribution is -0.124. The number of carbonyl (C=O) groups excluding carboxylic acids is 1. The Labute approximate surface area is 209 Å². The summed E-state index contributed by atoms with van der Waals surface area (Å²) >= 11 is 0. The van der Waals surface area contributed by atoms with Crippen molar-refractivity contribution in [2.75, 3.05) is 6.54 Å². The lowest BCUT2D eigenvalue weighted by Gasteiger charge is -2.30. The monoisotopic (exact) mass is 486 g/mol. The minimum atomic E-state index is -0.544. The molecule has 4 N–H and O–H groups in total. The van der Waals surface area contributed by atoms with Crippen LogP contribution in [0.3, 0.4) is 0 Å². The Morgan fingerprint density at radius 2 is 2.03 bits per heavy atom. The molecule has 2 heterocycles. The number of aromatic nitrogens is 2. The molecular weight excluding hydrogens is 455 g/mol. The van der Waals surface area contributed by atoms with Crippen molar-refractivity contribution in [1.82, 2.24) is 20.3 Å². The average Bonchev–Trinajstić information content (AvgIpc) is 3.62. The van der Waals surface area contributed by atoms with Gasteiger partial charge in [0.25, 0.3) is 5.91 Å². The van der Waals surface area contributed by atoms with Gasteiger partial charge >= 0.3 is 0 Å². The molecule has 0 saturated carbocycles. The molecule has 0 fully saturated rings. The van der Waals surface area contributed by atoms with Gasteiger partial charge in [0.05, 0.1) is 0 Å². The Hall–Kier alpha value is -3.68. The molecule has 0 spiro atoms. The van der Waals surface area contributed by atoms with E-state index in [9.17, 15) is 9.18 Å². The van der Waals surface area contributed by atoms with E-state index in [2.05, 4.69) is 46.3 Å². The van der Waals surface area contributed by atoms with Crippen molar-refractivity contribution in [3.05, 3.63) is 100 Å². The number of hydrogen-bond acceptors (Lipinski definition) is 3. The number of aromatic amines is 2. The third-order valence-electron chi connectivity index (χ3n) is 7.27. The summed E-state index contributed by atoms with van der Waals surface area (Å²) in [6.45, 7) is 3.91. The van der Waals surface area contributed by atoms with E-state index < -0.39 is 5.91 Å². The molecule has 2 aromatic carbocycles. The number of H-pyrrole nitrogens is 2. The van der Waals surface area contributed by atoms with Crippen LogP contribution in [0.2, 0.25) is 0 Å². The van der Waals surface area contributed by atoms with E-state index in [0.29, 0.717) is 6.04 Å². The zero-order valence-electron chi connectivity index (χ0n) is 20.4. The summed E-state index contributed by atoms with van der Waals surface area (Å²) in [5.41, 5.74) is 9.87. The first kappa shape index (κ1) is 24.0. The van der Waals surface area contributed by atoms with Crippen LogP contribution < -0.4 is 5.48 Å². The first-order chi connectivity index (χ1) is 17.6. The standard InChI is InChI=1S/C29H31FN4O2/c1-2-20-15-31-16-23(20)18-34(12-11-22-17-32-27-14-24(30)6-8-25(22)27)28-9-5-21-13-19(3-7-26(21)28)4-10-29(35)33-36/h3-4,6-8,10,13-17,28,31-32,36H,2,5,9,11-12,18H2,1H3,(H,33,35). The number of amides is 1. The third-order valence-corrected chi connectivity index (χ3v) is 7.27. The highest BCUT2D eigenvalue weighted by atomic mass is 19.1. The zero-order chi connectivity index (χ0) is 25.1. The van der Waals surface area contributed by atoms with E-state index in [1.807, 2.05) is 18.3 Å². The van der Waals surface area contributed by atoms with Gasteiger partial charge < -0.3 is 9.97 Å². The van der Waals surface area contributed by atoms with E-state index in [1.54, 1.807) is 17.6 Å². The second-order valence-corrected chi connectivity index (χ2v) is 9.41. The molecule has 0 saturated heterocycles. The number of aryl methyl sites for hydroxylation is 2. The fourth-order valence-electron chi connectivity index (χ4n) is 5.40. The van der Waals surface area contributed by atoms with Crippen molar-refractivity contribution in [1.29, 1.82) is 0 Å². The predicted octanol–water partition coefficient (Wildman–Crippen LogP) is 5.45. The molecule has 1 aliphatic rings. The maximum absolute atomic E-state index is 13.7. The number of benzene rings is 2. The normalized spacial score (nSPS) is 15.3. The van der Waals surface area contributed by atoms with Crippen molar-refractivity contribution in [3.63, 3.8) is 0 Å². The smallest absolute Gasteiger partial charge is 0.267 e. The first-order valence-electron chi connectivity index (χ1n) is 12.4. The van der Waals surface area contributed by atoms with Gasteiger partial charge in [-0.15, -0.1) is 0 Å². The van der Waals surface area contributed by atoms with Crippen LogP contribution in [0, 0.1) is 5.82 Å². The molecule has 1 amide bonds. The maximum Gasteiger partial charge on any atom is 0.267 e. The summed E-state index contributed by atoms with van der Waals surface area (Å²) in [5.74, 6) is -0.774. The van der Waals surface area contributed by atoms with Gasteiger partial charge in [-0.1, -0.05) is 25.1 Å². The van der Waals surface area contributed by atoms with Gasteiger partial charge in [-0.25, -0.2) is 9.87 Å². The van der Waals surface area contributed by atoms with Gasteiger partial charge in [-0.05, 0) is 83.3 Å². The largest absolute Gasteiger partial charge is 0.367 e. The van der Waals surface area contributed by atoms with Crippen molar-refractivity contribution in [2.45, 2.75) is 45.2 Å². The number of nitrogens with one attached hydrogen (secondary N) is 3. The Kier molecular flexibility index (Phi) is 7.02. The van der Waals surface area contributed by atoms with Gasteiger partial charge in [0.2, 0.25) is 0 Å². The topological polar surface area (TPSA) is 84.2 Å². The van der Waals surface area contributed by atoms with Crippen molar-refractivity contribution in [3.8, 4) is 0 Å². The van der Waals surface area contributed by atoms with Gasteiger partial charge in [0, 0.05) is 54.7 Å². The van der Waals surface area contributed by atoms with E-state index in [-0.39, 0.29) is 5.82 Å². The average molecular weight is 487 g/mol. The fraction of sp³-hybridized carbons (Fsp3) is 0.276. The fourth-order valence-corrected chi connectivity index (χ4v) is 5.40. The number of fused-ring (bicyclic) bond motifs is 2. The van der Waals surface area contributed by atoms with Gasteiger partial charge in [-0.2, -0.15) is 0 Å². The van der Waals surface area contributed by atoms with Crippen molar-refractivity contribution >= 4 is 22.9 Å². The summed E-state index contributed by atoms with van der Waals surface area (Å²) in [6, 6.07) is 11.6. The van der Waals surface area contributed by atoms with Crippen molar-refractivity contribution < 1.29 is 14.4 Å². The van der Waals surface area contributed by atoms with Crippen LogP contribution in [0.4, 0.5) is 4.39 Å². The van der Waals surface area contributed by atoms with E-state index in [0.717, 1.165) is 55.2 Å². The third kappa shape index (κ3) is 4.98. The molecule has 0 bridgehead atoms. The molecule has 186 valence electrons. The number of hydrogen-bond donors (Lipinski definition) is 4. The molecule has 1 atom stereocenters. The lowest BCUT2D eigenvalue weighted by atomic mass is 10.0. The van der Waals surface area contributed by atoms with Gasteiger partial charge in [0.1, 0.15) is 5.82 Å². The second kappa shape index (κ2) is 10.5. The highest BCUT2D eigenvalue weighted by molar-refractivity contribution is 5.90. The predicted molar refractivity (Wildman–Crippen MR) is 139 cm³/mol. The summed E-state index contributed by atoms with van der Waals surface area (Å²) in [4.78, 5) is 20.4. The van der Waals surface area contributed by atoms with Crippen LogP contribution in [0.15, 0.2) is 61.1 Å². The summed E-state index contributed by atoms with van der Waals surface area (Å²) in [7, 11) is 0. The molecule has 4 aromatic rings. The Bertz CT molecular complexity index is 1400. The highest BCUT2D eigenvalue weighted by Gasteiger charge is 2.28. The lowest BCUT2D eigenvalue weighted by Crippen LogP contribution is -2.29. The number of carbonyl (C=O) groups is 1. The quantitative estimate of drug-likeness (QED) is 0.144. The molecule has 0 aliphatic heterocycles. The van der Waals surface area contributed by atoms with Gasteiger partial charge in [0.15, 0.2) is 0 Å². The highest BCUT2D eigenvalue weighted by Crippen LogP contribution is 2.38. The molecule has 1 unspecified atom stereocenters. The molecule has 5 rings (SSSR count). The molecular formula is C29H31FN4O2. The Morgan fingerprint density at radius 1 is 1.17 bits per heavy atom. The van der Waals surface area contributed by atoms with Crippen LogP contribution in [-0.4, -0.2) is 32.5 Å². The Balaban J connectivity index is 1.40. The van der Waals surface area contributed by atoms with Crippen LogP contribution in [-0.2, 0) is 30.6 Å². The molecule has 1 aliphatic carbocycles. The number of hydroxylamine groups is 1. The summed E-state index contributed by atoms with van der Waals surface area (Å²) < 4.78 is 13.7. The maximum atomic E-state index is 13.7. The van der Waals surface area contributed by atoms with Crippen LogP contribution in [0.1, 0.15) is 52.8 Å². The van der Waals surface area contributed by atoms with E-state index in [1.165, 1.54) is 40.0 Å². The van der Waals surface area contributed by atoms with Crippen LogP contribution >= 0.6 is 0 Å².